The van der Waals surface area contributed by atoms with E-state index >= 15 is 13.2 Å². The maximum Gasteiger partial charge on any atom is 0.410 e. The Hall–Kier alpha value is -10.2. The van der Waals surface area contributed by atoms with Crippen LogP contribution in [-0.4, -0.2) is 241 Å². The first-order chi connectivity index (χ1) is 57.9. The number of aryl methyl sites for hydroxylation is 3. The number of aromatic nitrogens is 12. The standard InChI is InChI=1S/C34H43ClFN7O3.C27H29ClFN7O.C25H28ClFN6.C3H3ClO/c1-21-10-11-25-23(20-37-43(25)27-9-7-8-18-45-27)28(21)29-24(35)19-22-31(30(29)36)38-26(12-13-40(5)6)39-32(22)41-14-16-42(17-15-41)33(44)46-34(2,3)4;1-5-22(37)35-10-12-36(13-11-35)27-17-14-19(28)24(23-16(2)6-7-20-18(23)15-30-33-20)25(29)26(17)31-21(32-27)8-9-34(3)4;1-15-7-8-19-17(14-28-31-19)21(15)22-18(26)13-16-24(23(22)27)29-20(9-12-32(2)3)30-25(16)33-10-5-4-6-11-33;1-2-3(4)5/h10-11,19-20,27H,7-9,12-18H2,1-6H3;5-7,14-15H,1,8-13H2,2-4H3,(H,30,33);7-8,13-14H,4-6,9-12H2,1-3H3,(H,28,31);2H,1H2. The fourth-order valence-electron chi connectivity index (χ4n) is 15.8. The summed E-state index contributed by atoms with van der Waals surface area (Å²) in [7, 11) is 11.9. The fraction of sp³-hybridized carbons (Fsp3) is 0.416. The Balaban J connectivity index is 0.000000154. The molecule has 0 aliphatic carbocycles. The molecule has 2 N–H and O–H groups in total. The van der Waals surface area contributed by atoms with Crippen LogP contribution in [0.25, 0.3) is 98.8 Å². The van der Waals surface area contributed by atoms with E-state index in [4.69, 9.17) is 80.8 Å². The van der Waals surface area contributed by atoms with Crippen molar-refractivity contribution in [2.45, 2.75) is 111 Å². The van der Waals surface area contributed by atoms with E-state index in [-0.39, 0.29) is 39.3 Å². The molecule has 4 aliphatic heterocycles. The number of amides is 2. The van der Waals surface area contributed by atoms with Gasteiger partial charge in [0.1, 0.15) is 57.1 Å². The van der Waals surface area contributed by atoms with Crippen LogP contribution in [0.3, 0.4) is 0 Å². The van der Waals surface area contributed by atoms with E-state index in [1.54, 1.807) is 40.5 Å². The first-order valence-electron chi connectivity index (χ1n) is 40.8. The number of fused-ring (bicyclic) bond motifs is 6. The first-order valence-corrected chi connectivity index (χ1v) is 42.3. The van der Waals surface area contributed by atoms with Crippen LogP contribution < -0.4 is 14.7 Å². The van der Waals surface area contributed by atoms with E-state index in [1.807, 2.05) is 141 Å². The normalized spacial score (nSPS) is 15.4. The zero-order chi connectivity index (χ0) is 86.4. The highest BCUT2D eigenvalue weighted by Gasteiger charge is 2.33. The van der Waals surface area contributed by atoms with Gasteiger partial charge in [-0.2, -0.15) is 15.3 Å². The van der Waals surface area contributed by atoms with Crippen molar-refractivity contribution < 1.29 is 37.0 Å². The average molecular weight is 1730 g/mol. The second kappa shape index (κ2) is 38.5. The zero-order valence-electron chi connectivity index (χ0n) is 70.6. The molecule has 0 bridgehead atoms. The predicted octanol–water partition coefficient (Wildman–Crippen LogP) is 17.1. The van der Waals surface area contributed by atoms with Gasteiger partial charge < -0.3 is 48.7 Å². The van der Waals surface area contributed by atoms with Gasteiger partial charge in [-0.3, -0.25) is 19.8 Å². The Morgan fingerprint density at radius 1 is 0.512 bits per heavy atom. The molecular weight excluding hydrogens is 1630 g/mol. The van der Waals surface area contributed by atoms with Crippen molar-refractivity contribution in [1.82, 2.24) is 84.6 Å². The molecule has 25 nitrogen and oxygen atoms in total. The summed E-state index contributed by atoms with van der Waals surface area (Å²) in [6.45, 7) is 26.9. The van der Waals surface area contributed by atoms with Gasteiger partial charge in [0.05, 0.1) is 50.2 Å². The van der Waals surface area contributed by atoms with Crippen molar-refractivity contribution in [1.29, 1.82) is 0 Å². The van der Waals surface area contributed by atoms with Gasteiger partial charge in [-0.1, -0.05) is 66.2 Å². The third-order valence-corrected chi connectivity index (χ3v) is 23.1. The molecule has 10 heterocycles. The molecule has 16 rings (SSSR count). The zero-order valence-corrected chi connectivity index (χ0v) is 73.6. The number of halogens is 7. The molecule has 32 heteroatoms. The van der Waals surface area contributed by atoms with Crippen LogP contribution in [0.15, 0.2) is 98.5 Å². The van der Waals surface area contributed by atoms with Crippen molar-refractivity contribution in [2.75, 3.05) is 149 Å². The van der Waals surface area contributed by atoms with Crippen molar-refractivity contribution in [3.63, 3.8) is 0 Å². The number of nitrogens with one attached hydrogen (secondary N) is 2. The lowest BCUT2D eigenvalue weighted by molar-refractivity contribution is -0.126. The topological polar surface area (TPSA) is 248 Å². The summed E-state index contributed by atoms with van der Waals surface area (Å²) in [5, 5.41) is 23.5. The number of anilines is 3. The largest absolute Gasteiger partial charge is 0.444 e. The number of carbonyl (C=O) groups is 3. The van der Waals surface area contributed by atoms with Crippen LogP contribution in [-0.2, 0) is 38.3 Å². The molecule has 121 heavy (non-hydrogen) atoms. The number of hydrogen-bond acceptors (Lipinski definition) is 20. The maximum absolute atomic E-state index is 17.0. The van der Waals surface area contributed by atoms with Crippen molar-refractivity contribution >= 4 is 147 Å². The molecule has 12 aromatic rings. The highest BCUT2D eigenvalue weighted by Crippen LogP contribution is 2.47. The molecule has 0 spiro atoms. The lowest BCUT2D eigenvalue weighted by atomic mass is 9.95. The van der Waals surface area contributed by atoms with E-state index < -0.39 is 28.3 Å². The van der Waals surface area contributed by atoms with Crippen LogP contribution in [0.4, 0.5) is 35.4 Å². The molecule has 6 aromatic carbocycles. The monoisotopic (exact) mass is 1730 g/mol. The highest BCUT2D eigenvalue weighted by atomic mass is 35.5. The predicted molar refractivity (Wildman–Crippen MR) is 478 cm³/mol. The second-order valence-corrected chi connectivity index (χ2v) is 34.3. The quantitative estimate of drug-likeness (QED) is 0.0598. The lowest BCUT2D eigenvalue weighted by Gasteiger charge is -2.36. The molecule has 6 aromatic heterocycles. The summed E-state index contributed by atoms with van der Waals surface area (Å²) in [5.41, 5.74) is 8.58. The number of hydrogen-bond donors (Lipinski definition) is 2. The first kappa shape index (κ1) is 88.6. The third kappa shape index (κ3) is 19.8. The Morgan fingerprint density at radius 2 is 0.909 bits per heavy atom. The van der Waals surface area contributed by atoms with Gasteiger partial charge in [-0.05, 0) is 199 Å². The van der Waals surface area contributed by atoms with Gasteiger partial charge in [0, 0.05) is 177 Å². The van der Waals surface area contributed by atoms with Crippen LogP contribution in [0.1, 0.15) is 99.7 Å². The number of likely N-dealkylation sites (N-methyl/N-ethyl adjacent to an activating group) is 3. The Bertz CT molecular complexity index is 5860. The molecule has 0 radical (unpaired) electrons. The number of rotatable bonds is 18. The molecule has 2 amide bonds. The molecule has 0 saturated carbocycles. The van der Waals surface area contributed by atoms with E-state index in [0.29, 0.717) is 168 Å². The number of aromatic amines is 2. The summed E-state index contributed by atoms with van der Waals surface area (Å²) < 4.78 is 63.3. The van der Waals surface area contributed by atoms with Gasteiger partial charge >= 0.3 is 6.09 Å². The highest BCUT2D eigenvalue weighted by molar-refractivity contribution is 6.66. The molecule has 4 fully saturated rings. The smallest absolute Gasteiger partial charge is 0.410 e. The van der Waals surface area contributed by atoms with Crippen molar-refractivity contribution in [3.8, 4) is 33.4 Å². The Labute approximate surface area is 722 Å². The maximum atomic E-state index is 17.0. The van der Waals surface area contributed by atoms with Crippen molar-refractivity contribution in [3.05, 3.63) is 165 Å². The van der Waals surface area contributed by atoms with Crippen LogP contribution >= 0.6 is 46.4 Å². The van der Waals surface area contributed by atoms with Gasteiger partial charge in [0.25, 0.3) is 0 Å². The summed E-state index contributed by atoms with van der Waals surface area (Å²) in [5.74, 6) is 2.35. The minimum atomic E-state index is -0.574. The molecule has 638 valence electrons. The van der Waals surface area contributed by atoms with E-state index in [9.17, 15) is 14.4 Å². The van der Waals surface area contributed by atoms with Gasteiger partial charge in [0.15, 0.2) is 23.7 Å². The molecule has 1 unspecified atom stereocenters. The fourth-order valence-corrected chi connectivity index (χ4v) is 16.7. The Kier molecular flexibility index (Phi) is 28.2. The number of carbonyl (C=O) groups excluding carboxylic acids is 3. The average Bonchev–Trinajstić information content (AvgIpc) is 1.72. The number of nitrogens with zero attached hydrogens (tertiary/aromatic N) is 18. The minimum absolute atomic E-state index is 0.0959. The lowest BCUT2D eigenvalue weighted by Crippen LogP contribution is -2.50. The number of piperidine rings is 1. The summed E-state index contributed by atoms with van der Waals surface area (Å²) in [6, 6.07) is 17.1. The summed E-state index contributed by atoms with van der Waals surface area (Å²) >= 11 is 25.3. The minimum Gasteiger partial charge on any atom is -0.444 e. The third-order valence-electron chi connectivity index (χ3n) is 22.0. The SMILES string of the molecule is C=CC(=O)Cl.C=CC(=O)N1CCN(c2nc(CCN(C)C)nc3c(F)c(-c4c(C)ccc5[nH]ncc45)c(Cl)cc23)CC1.Cc1ccc2[nH]ncc2c1-c1c(Cl)cc2c(N3CCCCC3)nc(CCN(C)C)nc2c1F.Cc1ccc2c(cnn2C2CCCCO2)c1-c1c(Cl)cc2c(N3CCN(C(=O)OC(C)(C)C)CC3)nc(CCN(C)C)nc2c1F. The number of piperazine rings is 2. The van der Waals surface area contributed by atoms with Crippen LogP contribution in [0.2, 0.25) is 15.1 Å². The molecule has 1 atom stereocenters. The van der Waals surface area contributed by atoms with Crippen LogP contribution in [0, 0.1) is 38.2 Å². The van der Waals surface area contributed by atoms with E-state index in [1.165, 1.54) is 12.5 Å². The molecule has 4 aliphatic rings. The van der Waals surface area contributed by atoms with Gasteiger partial charge in [-0.15, -0.1) is 0 Å². The van der Waals surface area contributed by atoms with Gasteiger partial charge in [-0.25, -0.2) is 52.6 Å². The molecular formula is C89H103Cl4F3N20O5. The molecule has 4 saturated heterocycles. The van der Waals surface area contributed by atoms with E-state index in [0.717, 1.165) is 125 Å². The van der Waals surface area contributed by atoms with Crippen molar-refractivity contribution in [2.24, 2.45) is 0 Å². The number of allylic oxidation sites excluding steroid dienone is 1. The Morgan fingerprint density at radius 3 is 1.29 bits per heavy atom. The van der Waals surface area contributed by atoms with E-state index in [2.05, 4.69) is 63.2 Å². The number of ether oxygens (including phenoxy) is 2. The summed E-state index contributed by atoms with van der Waals surface area (Å²) in [6.07, 6.45) is 15.3. The number of H-pyrrole nitrogens is 2. The van der Waals surface area contributed by atoms with Crippen LogP contribution in [0.5, 0.6) is 0 Å². The summed E-state index contributed by atoms with van der Waals surface area (Å²) in [4.78, 5) is 79.1. The second-order valence-electron chi connectivity index (χ2n) is 32.7. The van der Waals surface area contributed by atoms with Gasteiger partial charge in [0.2, 0.25) is 11.1 Å². The number of benzene rings is 6.